The molecule has 0 amide bonds. The van der Waals surface area contributed by atoms with E-state index < -0.39 is 5.97 Å². The zero-order valence-electron chi connectivity index (χ0n) is 12.2. The third kappa shape index (κ3) is 2.09. The van der Waals surface area contributed by atoms with Gasteiger partial charge in [-0.05, 0) is 39.0 Å². The standard InChI is InChI=1S/C17H15NO3/c1-10-8-11(2)15(12(3)9-10)18-13-6-4-5-7-14(13)21-16(18)17(19)20/h4-9H,1-3H3/p+1. The van der Waals surface area contributed by atoms with Gasteiger partial charge in [0.15, 0.2) is 0 Å². The number of benzene rings is 2. The highest BCUT2D eigenvalue weighted by Gasteiger charge is 2.32. The fraction of sp³-hybridized carbons (Fsp3) is 0.176. The molecule has 3 aromatic rings. The number of hydrogen-bond donors (Lipinski definition) is 1. The van der Waals surface area contributed by atoms with Crippen molar-refractivity contribution in [2.24, 2.45) is 0 Å². The first-order valence-electron chi connectivity index (χ1n) is 6.74. The van der Waals surface area contributed by atoms with Gasteiger partial charge in [0.2, 0.25) is 11.3 Å². The summed E-state index contributed by atoms with van der Waals surface area (Å²) in [6.45, 7) is 5.99. The molecule has 3 rings (SSSR count). The van der Waals surface area contributed by atoms with E-state index in [4.69, 9.17) is 4.42 Å². The molecule has 4 heteroatoms. The Balaban J connectivity index is 2.44. The topological polar surface area (TPSA) is 54.3 Å². The average Bonchev–Trinajstić information content (AvgIpc) is 2.77. The Morgan fingerprint density at radius 3 is 2.33 bits per heavy atom. The summed E-state index contributed by atoms with van der Waals surface area (Å²) in [5, 5.41) is 9.45. The number of hydrogen-bond acceptors (Lipinski definition) is 2. The first kappa shape index (κ1) is 13.4. The molecule has 0 spiro atoms. The Bertz CT molecular complexity index is 839. The maximum Gasteiger partial charge on any atom is 0.468 e. The Kier molecular flexibility index (Phi) is 3.01. The SMILES string of the molecule is Cc1cc(C)c(-[n+]2c(C(=O)O)oc3ccccc32)c(C)c1. The maximum absolute atomic E-state index is 11.5. The smallest absolute Gasteiger partial charge is 0.468 e. The number of aryl methyl sites for hydroxylation is 3. The van der Waals surface area contributed by atoms with Crippen LogP contribution in [0.3, 0.4) is 0 Å². The molecule has 2 aromatic carbocycles. The number of aromatic carboxylic acids is 1. The Morgan fingerprint density at radius 1 is 1.10 bits per heavy atom. The van der Waals surface area contributed by atoms with Crippen LogP contribution in [0.2, 0.25) is 0 Å². The maximum atomic E-state index is 11.5. The lowest BCUT2D eigenvalue weighted by molar-refractivity contribution is -0.577. The van der Waals surface area contributed by atoms with E-state index in [9.17, 15) is 9.90 Å². The Hall–Kier alpha value is -2.62. The largest absolute Gasteiger partial charge is 0.471 e. The van der Waals surface area contributed by atoms with Crippen molar-refractivity contribution in [1.29, 1.82) is 0 Å². The van der Waals surface area contributed by atoms with E-state index in [0.717, 1.165) is 27.9 Å². The molecule has 0 aliphatic heterocycles. The monoisotopic (exact) mass is 282 g/mol. The van der Waals surface area contributed by atoms with Crippen LogP contribution in [0.5, 0.6) is 0 Å². The highest BCUT2D eigenvalue weighted by molar-refractivity contribution is 5.84. The van der Waals surface area contributed by atoms with Crippen molar-refractivity contribution in [3.63, 3.8) is 0 Å². The van der Waals surface area contributed by atoms with E-state index in [1.165, 1.54) is 0 Å². The summed E-state index contributed by atoms with van der Waals surface area (Å²) in [5.41, 5.74) is 5.37. The molecular weight excluding hydrogens is 266 g/mol. The lowest BCUT2D eigenvalue weighted by Gasteiger charge is -2.05. The van der Waals surface area contributed by atoms with Crippen LogP contribution < -0.4 is 4.57 Å². The summed E-state index contributed by atoms with van der Waals surface area (Å²) < 4.78 is 7.20. The molecule has 0 radical (unpaired) electrons. The molecule has 0 aliphatic rings. The van der Waals surface area contributed by atoms with Gasteiger partial charge < -0.3 is 9.52 Å². The molecular formula is C17H16NO3+. The minimum absolute atomic E-state index is 0.0775. The van der Waals surface area contributed by atoms with Gasteiger partial charge in [-0.3, -0.25) is 0 Å². The van der Waals surface area contributed by atoms with E-state index in [2.05, 4.69) is 0 Å². The van der Waals surface area contributed by atoms with Crippen molar-refractivity contribution in [3.8, 4) is 5.69 Å². The van der Waals surface area contributed by atoms with Gasteiger partial charge in [0.1, 0.15) is 0 Å². The molecule has 106 valence electrons. The highest BCUT2D eigenvalue weighted by Crippen LogP contribution is 2.22. The van der Waals surface area contributed by atoms with E-state index in [1.807, 2.05) is 51.1 Å². The number of aromatic nitrogens is 1. The second kappa shape index (κ2) is 4.74. The Morgan fingerprint density at radius 2 is 1.71 bits per heavy atom. The van der Waals surface area contributed by atoms with Crippen LogP contribution in [-0.4, -0.2) is 11.1 Å². The predicted octanol–water partition coefficient (Wildman–Crippen LogP) is 3.33. The van der Waals surface area contributed by atoms with Crippen molar-refractivity contribution in [3.05, 3.63) is 59.0 Å². The summed E-state index contributed by atoms with van der Waals surface area (Å²) in [6, 6.07) is 11.4. The molecule has 21 heavy (non-hydrogen) atoms. The zero-order chi connectivity index (χ0) is 15.1. The zero-order valence-corrected chi connectivity index (χ0v) is 12.2. The molecule has 0 aliphatic carbocycles. The number of rotatable bonds is 2. The van der Waals surface area contributed by atoms with Crippen LogP contribution in [-0.2, 0) is 0 Å². The molecule has 0 atom stereocenters. The quantitative estimate of drug-likeness (QED) is 0.733. The third-order valence-electron chi connectivity index (χ3n) is 3.56. The van der Waals surface area contributed by atoms with Gasteiger partial charge >= 0.3 is 11.9 Å². The molecule has 0 saturated carbocycles. The van der Waals surface area contributed by atoms with Gasteiger partial charge in [0.25, 0.3) is 5.52 Å². The number of carboxylic acids is 1. The van der Waals surface area contributed by atoms with Gasteiger partial charge in [-0.1, -0.05) is 17.7 Å². The van der Waals surface area contributed by atoms with Crippen molar-refractivity contribution in [1.82, 2.24) is 0 Å². The third-order valence-corrected chi connectivity index (χ3v) is 3.56. The van der Waals surface area contributed by atoms with Gasteiger partial charge in [-0.25, -0.2) is 4.79 Å². The summed E-state index contributed by atoms with van der Waals surface area (Å²) in [7, 11) is 0. The van der Waals surface area contributed by atoms with Gasteiger partial charge in [-0.15, -0.1) is 4.57 Å². The molecule has 4 nitrogen and oxygen atoms in total. The molecule has 0 bridgehead atoms. The number of oxazole rings is 1. The van der Waals surface area contributed by atoms with Crippen molar-refractivity contribution >= 4 is 17.1 Å². The number of carbonyl (C=O) groups is 1. The van der Waals surface area contributed by atoms with Crippen LogP contribution in [0, 0.1) is 20.8 Å². The highest BCUT2D eigenvalue weighted by atomic mass is 16.4. The number of para-hydroxylation sites is 2. The summed E-state index contributed by atoms with van der Waals surface area (Å²) in [6.07, 6.45) is 0. The fourth-order valence-electron chi connectivity index (χ4n) is 2.87. The summed E-state index contributed by atoms with van der Waals surface area (Å²) in [5.74, 6) is -1.16. The fourth-order valence-corrected chi connectivity index (χ4v) is 2.87. The second-order valence-electron chi connectivity index (χ2n) is 5.26. The van der Waals surface area contributed by atoms with E-state index >= 15 is 0 Å². The summed E-state index contributed by atoms with van der Waals surface area (Å²) in [4.78, 5) is 11.5. The van der Waals surface area contributed by atoms with Crippen LogP contribution in [0.15, 0.2) is 40.8 Å². The van der Waals surface area contributed by atoms with Crippen molar-refractivity contribution in [2.45, 2.75) is 20.8 Å². The number of fused-ring (bicyclic) bond motifs is 1. The minimum atomic E-state index is -1.08. The second-order valence-corrected chi connectivity index (χ2v) is 5.26. The van der Waals surface area contributed by atoms with Crippen LogP contribution >= 0.6 is 0 Å². The predicted molar refractivity (Wildman–Crippen MR) is 78.9 cm³/mol. The molecule has 0 fully saturated rings. The minimum Gasteiger partial charge on any atom is -0.471 e. The number of nitrogens with zero attached hydrogens (tertiary/aromatic N) is 1. The van der Waals surface area contributed by atoms with Gasteiger partial charge in [0.05, 0.1) is 0 Å². The molecule has 1 N–H and O–H groups in total. The van der Waals surface area contributed by atoms with Crippen molar-refractivity contribution in [2.75, 3.05) is 0 Å². The number of carboxylic acid groups (broad SMARTS) is 1. The van der Waals surface area contributed by atoms with E-state index in [-0.39, 0.29) is 5.89 Å². The van der Waals surface area contributed by atoms with Gasteiger partial charge in [-0.2, -0.15) is 0 Å². The molecule has 1 heterocycles. The lowest BCUT2D eigenvalue weighted by Crippen LogP contribution is -2.37. The lowest BCUT2D eigenvalue weighted by atomic mass is 10.0. The van der Waals surface area contributed by atoms with Crippen LogP contribution in [0.25, 0.3) is 16.8 Å². The molecule has 0 saturated heterocycles. The molecule has 0 unspecified atom stereocenters. The van der Waals surface area contributed by atoms with Crippen molar-refractivity contribution < 1.29 is 18.9 Å². The van der Waals surface area contributed by atoms with E-state index in [1.54, 1.807) is 10.6 Å². The van der Waals surface area contributed by atoms with Crippen LogP contribution in [0.1, 0.15) is 27.4 Å². The van der Waals surface area contributed by atoms with E-state index in [0.29, 0.717) is 5.58 Å². The Labute approximate surface area is 122 Å². The average molecular weight is 282 g/mol. The molecule has 1 aromatic heterocycles. The first-order valence-corrected chi connectivity index (χ1v) is 6.74. The summed E-state index contributed by atoms with van der Waals surface area (Å²) >= 11 is 0. The van der Waals surface area contributed by atoms with Gasteiger partial charge in [0, 0.05) is 17.2 Å². The normalized spacial score (nSPS) is 11.0. The first-order chi connectivity index (χ1) is 9.99. The van der Waals surface area contributed by atoms with Crippen LogP contribution in [0.4, 0.5) is 0 Å².